The molecule has 3 aromatic rings. The van der Waals surface area contributed by atoms with Crippen molar-refractivity contribution in [1.29, 1.82) is 0 Å². The Kier molecular flexibility index (Phi) is 6.92. The number of halogens is 5. The molecule has 0 spiro atoms. The van der Waals surface area contributed by atoms with Crippen LogP contribution in [0, 0.1) is 5.82 Å². The molecule has 0 fully saturated rings. The topological polar surface area (TPSA) is 26.3 Å². The molecule has 30 heavy (non-hydrogen) atoms. The van der Waals surface area contributed by atoms with E-state index in [0.29, 0.717) is 5.56 Å². The lowest BCUT2D eigenvalue weighted by Crippen LogP contribution is -2.18. The van der Waals surface area contributed by atoms with E-state index in [4.69, 9.17) is 4.74 Å². The molecule has 0 amide bonds. The van der Waals surface area contributed by atoms with Crippen LogP contribution in [0.5, 0.6) is 5.75 Å². The molecule has 0 saturated carbocycles. The molecular formula is C23H17BrF4O2. The maximum absolute atomic E-state index is 13.8. The summed E-state index contributed by atoms with van der Waals surface area (Å²) in [6.45, 7) is 0.207. The van der Waals surface area contributed by atoms with Crippen LogP contribution in [0.1, 0.15) is 27.0 Å². The molecule has 2 nitrogen and oxygen atoms in total. The maximum Gasteiger partial charge on any atom is 0.416 e. The first kappa shape index (κ1) is 22.0. The zero-order chi connectivity index (χ0) is 21.7. The van der Waals surface area contributed by atoms with Crippen molar-refractivity contribution in [3.05, 3.63) is 101 Å². The van der Waals surface area contributed by atoms with E-state index in [0.717, 1.165) is 23.8 Å². The summed E-state index contributed by atoms with van der Waals surface area (Å²) in [6.07, 6.45) is -4.28. The molecule has 3 rings (SSSR count). The standard InChI is InChI=1S/C23H17BrF4O2/c24-20(12-15-6-8-17(9-7-15)23(26,27)28)22(29)19-13-18(25)10-11-21(19)30-14-16-4-2-1-3-5-16/h1-11,13,20H,12,14H2. The lowest BCUT2D eigenvalue weighted by Gasteiger charge is -2.15. The van der Waals surface area contributed by atoms with Crippen molar-refractivity contribution in [2.24, 2.45) is 0 Å². The number of ketones is 1. The van der Waals surface area contributed by atoms with Crippen LogP contribution in [0.4, 0.5) is 17.6 Å². The molecule has 0 N–H and O–H groups in total. The number of benzene rings is 3. The van der Waals surface area contributed by atoms with E-state index in [2.05, 4.69) is 15.9 Å². The van der Waals surface area contributed by atoms with Crippen molar-refractivity contribution in [1.82, 2.24) is 0 Å². The summed E-state index contributed by atoms with van der Waals surface area (Å²) in [5.74, 6) is -0.765. The van der Waals surface area contributed by atoms with Crippen LogP contribution in [0.25, 0.3) is 0 Å². The Bertz CT molecular complexity index is 1000. The van der Waals surface area contributed by atoms with E-state index in [9.17, 15) is 22.4 Å². The maximum atomic E-state index is 13.8. The van der Waals surface area contributed by atoms with Gasteiger partial charge in [-0.1, -0.05) is 58.4 Å². The molecule has 7 heteroatoms. The molecule has 3 aromatic carbocycles. The molecule has 0 heterocycles. The van der Waals surface area contributed by atoms with Crippen LogP contribution in [0.3, 0.4) is 0 Å². The third-order valence-electron chi connectivity index (χ3n) is 4.42. The molecular weight excluding hydrogens is 464 g/mol. The normalized spacial score (nSPS) is 12.4. The monoisotopic (exact) mass is 480 g/mol. The Hall–Kier alpha value is -2.67. The summed E-state index contributed by atoms with van der Waals surface area (Å²) >= 11 is 3.28. The van der Waals surface area contributed by atoms with Gasteiger partial charge in [0.15, 0.2) is 5.78 Å². The highest BCUT2D eigenvalue weighted by Crippen LogP contribution is 2.30. The summed E-state index contributed by atoms with van der Waals surface area (Å²) in [4.78, 5) is 12.1. The van der Waals surface area contributed by atoms with E-state index in [1.165, 1.54) is 24.3 Å². The molecule has 1 unspecified atom stereocenters. The predicted molar refractivity (Wildman–Crippen MR) is 109 cm³/mol. The molecule has 0 bridgehead atoms. The van der Waals surface area contributed by atoms with Gasteiger partial charge in [0.1, 0.15) is 18.2 Å². The zero-order valence-corrected chi connectivity index (χ0v) is 17.2. The quantitative estimate of drug-likeness (QED) is 0.216. The lowest BCUT2D eigenvalue weighted by atomic mass is 10.0. The molecule has 0 aliphatic carbocycles. The summed E-state index contributed by atoms with van der Waals surface area (Å²) < 4.78 is 57.6. The molecule has 156 valence electrons. The number of rotatable bonds is 7. The first-order valence-electron chi connectivity index (χ1n) is 9.05. The van der Waals surface area contributed by atoms with Gasteiger partial charge in [0, 0.05) is 0 Å². The fourth-order valence-electron chi connectivity index (χ4n) is 2.85. The number of ether oxygens (including phenoxy) is 1. The number of carbonyl (C=O) groups excluding carboxylic acids is 1. The fraction of sp³-hybridized carbons (Fsp3) is 0.174. The second-order valence-corrected chi connectivity index (χ2v) is 7.75. The van der Waals surface area contributed by atoms with Gasteiger partial charge in [-0.3, -0.25) is 4.79 Å². The minimum atomic E-state index is -4.42. The number of alkyl halides is 4. The van der Waals surface area contributed by atoms with Gasteiger partial charge >= 0.3 is 6.18 Å². The number of Topliss-reactive ketones (excluding diaryl/α,β-unsaturated/α-hetero) is 1. The van der Waals surface area contributed by atoms with Gasteiger partial charge < -0.3 is 4.74 Å². The van der Waals surface area contributed by atoms with Crippen molar-refractivity contribution in [2.75, 3.05) is 0 Å². The summed E-state index contributed by atoms with van der Waals surface area (Å²) in [6, 6.07) is 17.6. The summed E-state index contributed by atoms with van der Waals surface area (Å²) in [5, 5.41) is 0. The molecule has 0 saturated heterocycles. The number of hydrogen-bond donors (Lipinski definition) is 0. The highest BCUT2D eigenvalue weighted by Gasteiger charge is 2.30. The summed E-state index contributed by atoms with van der Waals surface area (Å²) in [7, 11) is 0. The number of carbonyl (C=O) groups is 1. The minimum Gasteiger partial charge on any atom is -0.488 e. The van der Waals surface area contributed by atoms with Crippen molar-refractivity contribution >= 4 is 21.7 Å². The van der Waals surface area contributed by atoms with E-state index in [1.54, 1.807) is 0 Å². The smallest absolute Gasteiger partial charge is 0.416 e. The van der Waals surface area contributed by atoms with Crippen LogP contribution in [0.15, 0.2) is 72.8 Å². The van der Waals surface area contributed by atoms with Crippen LogP contribution in [0.2, 0.25) is 0 Å². The Balaban J connectivity index is 1.74. The van der Waals surface area contributed by atoms with Crippen molar-refractivity contribution in [3.63, 3.8) is 0 Å². The SMILES string of the molecule is O=C(c1cc(F)ccc1OCc1ccccc1)C(Br)Cc1ccc(C(F)(F)F)cc1. The van der Waals surface area contributed by atoms with Crippen LogP contribution in [-0.2, 0) is 19.2 Å². The molecule has 0 radical (unpaired) electrons. The van der Waals surface area contributed by atoms with E-state index < -0.39 is 28.2 Å². The van der Waals surface area contributed by atoms with Gasteiger partial charge in [-0.25, -0.2) is 4.39 Å². The predicted octanol–water partition coefficient (Wildman–Crippen LogP) is 6.61. The van der Waals surface area contributed by atoms with Crippen molar-refractivity contribution < 1.29 is 27.1 Å². The van der Waals surface area contributed by atoms with Gasteiger partial charge in [0.05, 0.1) is 16.0 Å². The van der Waals surface area contributed by atoms with Gasteiger partial charge in [-0.05, 0) is 47.9 Å². The molecule has 1 atom stereocenters. The Labute approximate surface area is 179 Å². The first-order chi connectivity index (χ1) is 14.2. The van der Waals surface area contributed by atoms with E-state index >= 15 is 0 Å². The second kappa shape index (κ2) is 9.43. The fourth-order valence-corrected chi connectivity index (χ4v) is 3.47. The Morgan fingerprint density at radius 1 is 0.933 bits per heavy atom. The largest absolute Gasteiger partial charge is 0.488 e. The Morgan fingerprint density at radius 2 is 1.60 bits per heavy atom. The van der Waals surface area contributed by atoms with Crippen molar-refractivity contribution in [3.8, 4) is 5.75 Å². The van der Waals surface area contributed by atoms with Gasteiger partial charge in [-0.2, -0.15) is 13.2 Å². The van der Waals surface area contributed by atoms with E-state index in [-0.39, 0.29) is 24.3 Å². The lowest BCUT2D eigenvalue weighted by molar-refractivity contribution is -0.137. The average Bonchev–Trinajstić information content (AvgIpc) is 2.72. The minimum absolute atomic E-state index is 0.0692. The third-order valence-corrected chi connectivity index (χ3v) is 5.16. The van der Waals surface area contributed by atoms with Crippen LogP contribution in [-0.4, -0.2) is 10.6 Å². The second-order valence-electron chi connectivity index (χ2n) is 6.65. The van der Waals surface area contributed by atoms with Crippen LogP contribution >= 0.6 is 15.9 Å². The third kappa shape index (κ3) is 5.69. The average molecular weight is 481 g/mol. The molecule has 0 aliphatic heterocycles. The Morgan fingerprint density at radius 3 is 2.23 bits per heavy atom. The molecule has 0 aliphatic rings. The van der Waals surface area contributed by atoms with Gasteiger partial charge in [0.25, 0.3) is 0 Å². The highest BCUT2D eigenvalue weighted by molar-refractivity contribution is 9.10. The first-order valence-corrected chi connectivity index (χ1v) is 9.96. The van der Waals surface area contributed by atoms with Gasteiger partial charge in [-0.15, -0.1) is 0 Å². The summed E-state index contributed by atoms with van der Waals surface area (Å²) in [5.41, 5.74) is 0.742. The molecule has 0 aromatic heterocycles. The van der Waals surface area contributed by atoms with Crippen LogP contribution < -0.4 is 4.74 Å². The number of hydrogen-bond acceptors (Lipinski definition) is 2. The highest BCUT2D eigenvalue weighted by atomic mass is 79.9. The van der Waals surface area contributed by atoms with E-state index in [1.807, 2.05) is 30.3 Å². The zero-order valence-electron chi connectivity index (χ0n) is 15.6. The van der Waals surface area contributed by atoms with Crippen molar-refractivity contribution in [2.45, 2.75) is 24.0 Å². The van der Waals surface area contributed by atoms with Gasteiger partial charge in [0.2, 0.25) is 0 Å².